The molecule has 0 aliphatic carbocycles. The fourth-order valence-electron chi connectivity index (χ4n) is 1.53. The lowest BCUT2D eigenvalue weighted by atomic mass is 10.2. The molecule has 0 spiro atoms. The van der Waals surface area contributed by atoms with E-state index in [0.29, 0.717) is 5.56 Å². The van der Waals surface area contributed by atoms with Crippen molar-refractivity contribution in [1.82, 2.24) is 5.32 Å². The highest BCUT2D eigenvalue weighted by atomic mass is 16.3. The van der Waals surface area contributed by atoms with Gasteiger partial charge in [0, 0.05) is 17.8 Å². The van der Waals surface area contributed by atoms with Gasteiger partial charge >= 0.3 is 6.03 Å². The smallest absolute Gasteiger partial charge is 0.319 e. The Hall–Kier alpha value is -2.49. The minimum Gasteiger partial charge on any atom is -0.508 e. The van der Waals surface area contributed by atoms with Crippen molar-refractivity contribution >= 4 is 11.7 Å². The predicted octanol–water partition coefficient (Wildman–Crippen LogP) is 2.71. The molecule has 0 heterocycles. The summed E-state index contributed by atoms with van der Waals surface area (Å²) in [6, 6.07) is 15.8. The fourth-order valence-corrected chi connectivity index (χ4v) is 1.53. The summed E-state index contributed by atoms with van der Waals surface area (Å²) in [7, 11) is 0. The molecule has 0 unspecified atom stereocenters. The summed E-state index contributed by atoms with van der Waals surface area (Å²) in [6.07, 6.45) is 0. The van der Waals surface area contributed by atoms with Crippen LogP contribution in [0, 0.1) is 0 Å². The molecule has 0 aliphatic heterocycles. The number of hydrogen-bond acceptors (Lipinski definition) is 2. The van der Waals surface area contributed by atoms with Crippen LogP contribution in [0.2, 0.25) is 0 Å². The average Bonchev–Trinajstić information content (AvgIpc) is 2.39. The molecule has 0 aromatic heterocycles. The number of carbonyl (C=O) groups excluding carboxylic acids is 1. The number of anilines is 1. The first-order valence-electron chi connectivity index (χ1n) is 5.62. The molecule has 0 saturated carbocycles. The Morgan fingerprint density at radius 2 is 1.67 bits per heavy atom. The number of urea groups is 1. The van der Waals surface area contributed by atoms with E-state index in [0.717, 1.165) is 5.69 Å². The van der Waals surface area contributed by atoms with Gasteiger partial charge in [-0.2, -0.15) is 0 Å². The largest absolute Gasteiger partial charge is 0.508 e. The van der Waals surface area contributed by atoms with Gasteiger partial charge in [-0.05, 0) is 18.2 Å². The first kappa shape index (κ1) is 12.0. The molecule has 0 saturated heterocycles. The molecular formula is C14H14N2O2. The Labute approximate surface area is 105 Å². The van der Waals surface area contributed by atoms with Crippen LogP contribution in [0.1, 0.15) is 5.56 Å². The van der Waals surface area contributed by atoms with E-state index in [1.54, 1.807) is 30.3 Å². The van der Waals surface area contributed by atoms with Crippen LogP contribution in [0.5, 0.6) is 5.75 Å². The number of para-hydroxylation sites is 2. The second kappa shape index (κ2) is 5.72. The molecule has 0 bridgehead atoms. The Morgan fingerprint density at radius 3 is 2.39 bits per heavy atom. The summed E-state index contributed by atoms with van der Waals surface area (Å²) in [5.41, 5.74) is 1.41. The molecule has 2 amide bonds. The first-order valence-corrected chi connectivity index (χ1v) is 5.62. The maximum Gasteiger partial charge on any atom is 0.319 e. The number of nitrogens with one attached hydrogen (secondary N) is 2. The van der Waals surface area contributed by atoms with Gasteiger partial charge in [0.05, 0.1) is 0 Å². The summed E-state index contributed by atoms with van der Waals surface area (Å²) in [4.78, 5) is 11.6. The molecule has 92 valence electrons. The zero-order chi connectivity index (χ0) is 12.8. The Balaban J connectivity index is 1.88. The van der Waals surface area contributed by atoms with E-state index < -0.39 is 0 Å². The number of hydrogen-bond donors (Lipinski definition) is 3. The van der Waals surface area contributed by atoms with Gasteiger partial charge in [-0.25, -0.2) is 4.79 Å². The molecular weight excluding hydrogens is 228 g/mol. The summed E-state index contributed by atoms with van der Waals surface area (Å²) in [5.74, 6) is 0.178. The summed E-state index contributed by atoms with van der Waals surface area (Å²) >= 11 is 0. The van der Waals surface area contributed by atoms with Crippen molar-refractivity contribution in [2.75, 3.05) is 5.32 Å². The van der Waals surface area contributed by atoms with Crippen LogP contribution < -0.4 is 10.6 Å². The van der Waals surface area contributed by atoms with Crippen molar-refractivity contribution in [1.29, 1.82) is 0 Å². The van der Waals surface area contributed by atoms with Gasteiger partial charge in [-0.15, -0.1) is 0 Å². The second-order valence-electron chi connectivity index (χ2n) is 3.80. The van der Waals surface area contributed by atoms with Crippen molar-refractivity contribution in [2.45, 2.75) is 6.54 Å². The van der Waals surface area contributed by atoms with Crippen LogP contribution >= 0.6 is 0 Å². The predicted molar refractivity (Wildman–Crippen MR) is 70.4 cm³/mol. The molecule has 0 aliphatic rings. The highest BCUT2D eigenvalue weighted by Crippen LogP contribution is 2.14. The molecule has 18 heavy (non-hydrogen) atoms. The molecule has 2 aromatic rings. The highest BCUT2D eigenvalue weighted by molar-refractivity contribution is 5.89. The number of phenolic OH excluding ortho intramolecular Hbond substituents is 1. The van der Waals surface area contributed by atoms with E-state index in [2.05, 4.69) is 10.6 Å². The van der Waals surface area contributed by atoms with Crippen molar-refractivity contribution in [3.8, 4) is 5.75 Å². The van der Waals surface area contributed by atoms with E-state index in [1.807, 2.05) is 24.3 Å². The van der Waals surface area contributed by atoms with Crippen LogP contribution in [0.4, 0.5) is 10.5 Å². The summed E-state index contributed by atoms with van der Waals surface area (Å²) < 4.78 is 0. The lowest BCUT2D eigenvalue weighted by Crippen LogP contribution is -2.28. The minimum absolute atomic E-state index is 0.178. The van der Waals surface area contributed by atoms with Gasteiger partial charge in [-0.3, -0.25) is 0 Å². The van der Waals surface area contributed by atoms with E-state index in [4.69, 9.17) is 0 Å². The topological polar surface area (TPSA) is 61.4 Å². The summed E-state index contributed by atoms with van der Waals surface area (Å²) in [5, 5.41) is 14.9. The lowest BCUT2D eigenvalue weighted by Gasteiger charge is -2.08. The van der Waals surface area contributed by atoms with Gasteiger partial charge in [0.25, 0.3) is 0 Å². The molecule has 2 rings (SSSR count). The number of rotatable bonds is 3. The normalized spacial score (nSPS) is 9.78. The number of benzene rings is 2. The van der Waals surface area contributed by atoms with Crippen LogP contribution in [0.15, 0.2) is 54.6 Å². The lowest BCUT2D eigenvalue weighted by molar-refractivity contribution is 0.251. The van der Waals surface area contributed by atoms with Crippen LogP contribution in [0.3, 0.4) is 0 Å². The van der Waals surface area contributed by atoms with Gasteiger partial charge in [0.2, 0.25) is 0 Å². The van der Waals surface area contributed by atoms with Crippen molar-refractivity contribution in [3.63, 3.8) is 0 Å². The number of aromatic hydroxyl groups is 1. The SMILES string of the molecule is O=C(NCc1ccccc1O)Nc1ccccc1. The summed E-state index contributed by atoms with van der Waals surface area (Å²) in [6.45, 7) is 0.283. The fraction of sp³-hybridized carbons (Fsp3) is 0.0714. The van der Waals surface area contributed by atoms with Crippen LogP contribution in [-0.2, 0) is 6.54 Å². The number of carbonyl (C=O) groups is 1. The molecule has 2 aromatic carbocycles. The van der Waals surface area contributed by atoms with Gasteiger partial charge in [0.15, 0.2) is 0 Å². The minimum atomic E-state index is -0.301. The third-order valence-corrected chi connectivity index (χ3v) is 2.46. The number of amides is 2. The van der Waals surface area contributed by atoms with Gasteiger partial charge in [0.1, 0.15) is 5.75 Å². The first-order chi connectivity index (χ1) is 8.75. The molecule has 4 heteroatoms. The Bertz CT molecular complexity index is 526. The van der Waals surface area contributed by atoms with Crippen LogP contribution in [0.25, 0.3) is 0 Å². The standard InChI is InChI=1S/C14H14N2O2/c17-13-9-5-4-6-11(13)10-15-14(18)16-12-7-2-1-3-8-12/h1-9,17H,10H2,(H2,15,16,18). The Morgan fingerprint density at radius 1 is 1.00 bits per heavy atom. The Kier molecular flexibility index (Phi) is 3.81. The van der Waals surface area contributed by atoms with Gasteiger partial charge < -0.3 is 15.7 Å². The maximum atomic E-state index is 11.6. The average molecular weight is 242 g/mol. The third-order valence-electron chi connectivity index (χ3n) is 2.46. The molecule has 0 fully saturated rings. The van der Waals surface area contributed by atoms with E-state index in [1.165, 1.54) is 0 Å². The quantitative estimate of drug-likeness (QED) is 0.775. The van der Waals surface area contributed by atoms with E-state index >= 15 is 0 Å². The van der Waals surface area contributed by atoms with Crippen molar-refractivity contribution in [3.05, 3.63) is 60.2 Å². The van der Waals surface area contributed by atoms with E-state index in [9.17, 15) is 9.90 Å². The molecule has 0 radical (unpaired) electrons. The van der Waals surface area contributed by atoms with Crippen molar-refractivity contribution < 1.29 is 9.90 Å². The highest BCUT2D eigenvalue weighted by Gasteiger charge is 2.03. The molecule has 4 nitrogen and oxygen atoms in total. The number of phenols is 1. The second-order valence-corrected chi connectivity index (χ2v) is 3.80. The van der Waals surface area contributed by atoms with Crippen LogP contribution in [-0.4, -0.2) is 11.1 Å². The zero-order valence-corrected chi connectivity index (χ0v) is 9.76. The maximum absolute atomic E-state index is 11.6. The third kappa shape index (κ3) is 3.25. The van der Waals surface area contributed by atoms with E-state index in [-0.39, 0.29) is 18.3 Å². The van der Waals surface area contributed by atoms with Gasteiger partial charge in [-0.1, -0.05) is 36.4 Å². The molecule has 0 atom stereocenters. The monoisotopic (exact) mass is 242 g/mol. The van der Waals surface area contributed by atoms with Crippen molar-refractivity contribution in [2.24, 2.45) is 0 Å². The zero-order valence-electron chi connectivity index (χ0n) is 9.76. The molecule has 3 N–H and O–H groups in total.